The zero-order chi connectivity index (χ0) is 24.8. The Morgan fingerprint density at radius 3 is 2.32 bits per heavy atom. The smallest absolute Gasteiger partial charge is 0.313 e. The molecule has 0 aliphatic heterocycles. The summed E-state index contributed by atoms with van der Waals surface area (Å²) in [6.45, 7) is 6.24. The van der Waals surface area contributed by atoms with Crippen LogP contribution in [0, 0.1) is 12.7 Å². The molecule has 3 rings (SSSR count). The van der Waals surface area contributed by atoms with E-state index < -0.39 is 17.9 Å². The standard InChI is InChI=1S/C28H30FNO4/c1-18(2)27-19(3)30(22-8-6-5-7-9-22)28(20-10-12-21(29)13-11-20)25(27)15-14-23(31)16-24(32)17-26(33)34-4/h5-15,18,23,31H,16-17H2,1-4H3. The van der Waals surface area contributed by atoms with E-state index in [0.29, 0.717) is 0 Å². The highest BCUT2D eigenvalue weighted by atomic mass is 19.1. The van der Waals surface area contributed by atoms with E-state index in [1.807, 2.05) is 43.3 Å². The zero-order valence-corrected chi connectivity index (χ0v) is 19.9. The molecule has 0 aliphatic carbocycles. The van der Waals surface area contributed by atoms with E-state index in [9.17, 15) is 19.1 Å². The van der Waals surface area contributed by atoms with Crippen molar-refractivity contribution < 1.29 is 23.8 Å². The lowest BCUT2D eigenvalue weighted by Gasteiger charge is -2.13. The van der Waals surface area contributed by atoms with Gasteiger partial charge in [0, 0.05) is 23.4 Å². The molecule has 1 unspecified atom stereocenters. The number of methoxy groups -OCH3 is 1. The summed E-state index contributed by atoms with van der Waals surface area (Å²) in [4.78, 5) is 23.4. The third-order valence-electron chi connectivity index (χ3n) is 5.69. The van der Waals surface area contributed by atoms with Crippen LogP contribution in [0.2, 0.25) is 0 Å². The highest BCUT2D eigenvalue weighted by molar-refractivity contribution is 5.95. The summed E-state index contributed by atoms with van der Waals surface area (Å²) in [5.41, 5.74) is 5.69. The second-order valence-corrected chi connectivity index (χ2v) is 8.52. The highest BCUT2D eigenvalue weighted by Gasteiger charge is 2.23. The first-order chi connectivity index (χ1) is 16.2. The average molecular weight is 464 g/mol. The molecule has 0 saturated heterocycles. The van der Waals surface area contributed by atoms with Gasteiger partial charge in [-0.25, -0.2) is 4.39 Å². The summed E-state index contributed by atoms with van der Waals surface area (Å²) in [6, 6.07) is 16.2. The van der Waals surface area contributed by atoms with Gasteiger partial charge < -0.3 is 14.4 Å². The van der Waals surface area contributed by atoms with Crippen LogP contribution >= 0.6 is 0 Å². The second-order valence-electron chi connectivity index (χ2n) is 8.52. The minimum absolute atomic E-state index is 0.168. The highest BCUT2D eigenvalue weighted by Crippen LogP contribution is 2.39. The number of aliphatic hydroxyl groups excluding tert-OH is 1. The Labute approximate surface area is 199 Å². The largest absolute Gasteiger partial charge is 0.469 e. The number of aliphatic hydroxyl groups is 1. The van der Waals surface area contributed by atoms with Gasteiger partial charge in [-0.2, -0.15) is 0 Å². The number of ether oxygens (including phenoxy) is 1. The van der Waals surface area contributed by atoms with E-state index in [2.05, 4.69) is 23.2 Å². The second kappa shape index (κ2) is 11.1. The van der Waals surface area contributed by atoms with Gasteiger partial charge in [-0.3, -0.25) is 9.59 Å². The van der Waals surface area contributed by atoms with Crippen molar-refractivity contribution >= 4 is 17.8 Å². The maximum Gasteiger partial charge on any atom is 0.313 e. The molecule has 0 amide bonds. The number of carbonyl (C=O) groups excluding carboxylic acids is 2. The van der Waals surface area contributed by atoms with Gasteiger partial charge in [0.25, 0.3) is 0 Å². The van der Waals surface area contributed by atoms with E-state index in [1.165, 1.54) is 19.2 Å². The summed E-state index contributed by atoms with van der Waals surface area (Å²) < 4.78 is 20.4. The fourth-order valence-corrected chi connectivity index (χ4v) is 4.23. The lowest BCUT2D eigenvalue weighted by Crippen LogP contribution is -2.15. The number of ketones is 1. The van der Waals surface area contributed by atoms with Crippen LogP contribution in [0.15, 0.2) is 60.7 Å². The summed E-state index contributed by atoms with van der Waals surface area (Å²) in [7, 11) is 1.22. The number of carbonyl (C=O) groups is 2. The number of hydrogen-bond donors (Lipinski definition) is 1. The van der Waals surface area contributed by atoms with Gasteiger partial charge in [0.05, 0.1) is 18.9 Å². The topological polar surface area (TPSA) is 68.5 Å². The van der Waals surface area contributed by atoms with Gasteiger partial charge in [-0.05, 0) is 60.4 Å². The Morgan fingerprint density at radius 2 is 1.74 bits per heavy atom. The maximum atomic E-state index is 13.7. The molecule has 0 spiro atoms. The van der Waals surface area contributed by atoms with Crippen molar-refractivity contribution in [1.29, 1.82) is 0 Å². The predicted molar refractivity (Wildman–Crippen MR) is 131 cm³/mol. The number of para-hydroxylation sites is 1. The fraction of sp³-hybridized carbons (Fsp3) is 0.286. The van der Waals surface area contributed by atoms with Crippen LogP contribution in [0.4, 0.5) is 4.39 Å². The van der Waals surface area contributed by atoms with Crippen LogP contribution in [0.5, 0.6) is 0 Å². The van der Waals surface area contributed by atoms with E-state index in [-0.39, 0.29) is 24.6 Å². The normalized spacial score (nSPS) is 12.3. The summed E-state index contributed by atoms with van der Waals surface area (Å²) >= 11 is 0. The summed E-state index contributed by atoms with van der Waals surface area (Å²) in [6.07, 6.45) is 1.77. The molecule has 0 saturated carbocycles. The third kappa shape index (κ3) is 5.69. The van der Waals surface area contributed by atoms with Crippen molar-refractivity contribution in [3.63, 3.8) is 0 Å². The fourth-order valence-electron chi connectivity index (χ4n) is 4.23. The quantitative estimate of drug-likeness (QED) is 0.331. The Kier molecular flexibility index (Phi) is 8.18. The Morgan fingerprint density at radius 1 is 1.09 bits per heavy atom. The molecule has 34 heavy (non-hydrogen) atoms. The maximum absolute atomic E-state index is 13.7. The van der Waals surface area contributed by atoms with Gasteiger partial charge in [0.15, 0.2) is 0 Å². The number of benzene rings is 2. The van der Waals surface area contributed by atoms with Crippen molar-refractivity contribution in [2.75, 3.05) is 7.11 Å². The van der Waals surface area contributed by atoms with Gasteiger partial charge in [-0.15, -0.1) is 0 Å². The number of halogens is 1. The van der Waals surface area contributed by atoms with Gasteiger partial charge >= 0.3 is 5.97 Å². The molecular weight excluding hydrogens is 433 g/mol. The van der Waals surface area contributed by atoms with Crippen molar-refractivity contribution in [1.82, 2.24) is 4.57 Å². The van der Waals surface area contributed by atoms with Gasteiger partial charge in [0.2, 0.25) is 0 Å². The van der Waals surface area contributed by atoms with Crippen LogP contribution in [-0.4, -0.2) is 34.6 Å². The minimum Gasteiger partial charge on any atom is -0.469 e. The first kappa shape index (κ1) is 25.1. The molecule has 1 N–H and O–H groups in total. The minimum atomic E-state index is -1.06. The molecule has 1 heterocycles. The molecule has 0 radical (unpaired) electrons. The van der Waals surface area contributed by atoms with Crippen molar-refractivity contribution in [2.45, 2.75) is 45.6 Å². The molecule has 0 aliphatic rings. The summed E-state index contributed by atoms with van der Waals surface area (Å²) in [5, 5.41) is 10.5. The predicted octanol–water partition coefficient (Wildman–Crippen LogP) is 5.61. The van der Waals surface area contributed by atoms with Crippen LogP contribution in [-0.2, 0) is 14.3 Å². The molecule has 6 heteroatoms. The lowest BCUT2D eigenvalue weighted by atomic mass is 9.95. The number of aromatic nitrogens is 1. The number of rotatable bonds is 9. The number of nitrogens with zero attached hydrogens (tertiary/aromatic N) is 1. The molecule has 2 aromatic carbocycles. The van der Waals surface area contributed by atoms with Crippen molar-refractivity contribution in [3.05, 3.63) is 83.3 Å². The molecular formula is C28H30FNO4. The van der Waals surface area contributed by atoms with E-state index >= 15 is 0 Å². The van der Waals surface area contributed by atoms with Crippen LogP contribution in [0.1, 0.15) is 49.4 Å². The van der Waals surface area contributed by atoms with Crippen LogP contribution in [0.3, 0.4) is 0 Å². The first-order valence-corrected chi connectivity index (χ1v) is 11.2. The monoisotopic (exact) mass is 463 g/mol. The Hall–Kier alpha value is -3.51. The first-order valence-electron chi connectivity index (χ1n) is 11.2. The Bertz CT molecular complexity index is 1180. The van der Waals surface area contributed by atoms with E-state index in [4.69, 9.17) is 0 Å². The van der Waals surface area contributed by atoms with Crippen LogP contribution < -0.4 is 0 Å². The molecule has 0 bridgehead atoms. The SMILES string of the molecule is COC(=O)CC(=O)CC(O)C=Cc1c(C(C)C)c(C)n(-c2ccccc2)c1-c1ccc(F)cc1. The third-order valence-corrected chi connectivity index (χ3v) is 5.69. The Balaban J connectivity index is 2.11. The molecule has 178 valence electrons. The summed E-state index contributed by atoms with van der Waals surface area (Å²) in [5.74, 6) is -1.18. The molecule has 5 nitrogen and oxygen atoms in total. The van der Waals surface area contributed by atoms with Crippen molar-refractivity contribution in [3.8, 4) is 16.9 Å². The van der Waals surface area contributed by atoms with E-state index in [1.54, 1.807) is 18.2 Å². The number of Topliss-reactive ketones (excluding diaryl/α,β-unsaturated/α-hetero) is 1. The average Bonchev–Trinajstić information content (AvgIpc) is 3.10. The molecule has 1 aromatic heterocycles. The van der Waals surface area contributed by atoms with Gasteiger partial charge in [-0.1, -0.05) is 44.2 Å². The number of esters is 1. The van der Waals surface area contributed by atoms with Crippen LogP contribution in [0.25, 0.3) is 23.0 Å². The number of hydrogen-bond acceptors (Lipinski definition) is 4. The van der Waals surface area contributed by atoms with E-state index in [0.717, 1.165) is 33.8 Å². The van der Waals surface area contributed by atoms with Crippen molar-refractivity contribution in [2.24, 2.45) is 0 Å². The lowest BCUT2D eigenvalue weighted by molar-refractivity contribution is -0.143. The molecule has 1 atom stereocenters. The molecule has 0 fully saturated rings. The van der Waals surface area contributed by atoms with Gasteiger partial charge in [0.1, 0.15) is 18.0 Å². The molecule has 3 aromatic rings. The zero-order valence-electron chi connectivity index (χ0n) is 19.9.